The van der Waals surface area contributed by atoms with E-state index in [-0.39, 0.29) is 11.9 Å². The minimum absolute atomic E-state index is 0.0133. The maximum atomic E-state index is 12.4. The molecule has 0 saturated carbocycles. The number of hydrogen-bond donors (Lipinski definition) is 0. The largest absolute Gasteiger partial charge is 0.462 e. The van der Waals surface area contributed by atoms with Crippen LogP contribution in [0.25, 0.3) is 0 Å². The molecule has 1 aliphatic rings. The Bertz CT molecular complexity index is 610. The molecule has 1 saturated heterocycles. The predicted molar refractivity (Wildman–Crippen MR) is 99.2 cm³/mol. The molecule has 0 aliphatic carbocycles. The molecule has 1 aromatic rings. The van der Waals surface area contributed by atoms with Gasteiger partial charge in [0.1, 0.15) is 11.9 Å². The molecule has 7 nitrogen and oxygen atoms in total. The number of carbonyl (C=O) groups excluding carboxylic acids is 2. The van der Waals surface area contributed by atoms with Crippen LogP contribution in [0.2, 0.25) is 0 Å². The molecule has 0 aromatic carbocycles. The average molecular weight is 361 g/mol. The van der Waals surface area contributed by atoms with Gasteiger partial charge in [0.2, 0.25) is 0 Å². The van der Waals surface area contributed by atoms with Crippen molar-refractivity contribution in [3.05, 3.63) is 36.5 Å². The van der Waals surface area contributed by atoms with Crippen molar-refractivity contribution >= 4 is 17.7 Å². The van der Waals surface area contributed by atoms with E-state index in [0.717, 1.165) is 12.2 Å². The van der Waals surface area contributed by atoms with Crippen molar-refractivity contribution < 1.29 is 19.1 Å². The van der Waals surface area contributed by atoms with Gasteiger partial charge in [-0.3, -0.25) is 4.79 Å². The molecule has 2 heterocycles. The Morgan fingerprint density at radius 2 is 2.04 bits per heavy atom. The minimum Gasteiger partial charge on any atom is -0.462 e. The van der Waals surface area contributed by atoms with Crippen LogP contribution in [0.5, 0.6) is 0 Å². The van der Waals surface area contributed by atoms with Crippen molar-refractivity contribution in [2.24, 2.45) is 0 Å². The van der Waals surface area contributed by atoms with E-state index in [4.69, 9.17) is 9.47 Å². The van der Waals surface area contributed by atoms with Gasteiger partial charge < -0.3 is 19.3 Å². The zero-order valence-corrected chi connectivity index (χ0v) is 15.5. The summed E-state index contributed by atoms with van der Waals surface area (Å²) in [6, 6.07) is 3.53. The Kier molecular flexibility index (Phi) is 7.59. The quantitative estimate of drug-likeness (QED) is 0.400. The molecule has 2 rings (SSSR count). The van der Waals surface area contributed by atoms with E-state index in [2.05, 4.69) is 16.5 Å². The van der Waals surface area contributed by atoms with Crippen LogP contribution in [-0.4, -0.2) is 67.3 Å². The summed E-state index contributed by atoms with van der Waals surface area (Å²) in [6.45, 7) is 10.7. The first-order valence-electron chi connectivity index (χ1n) is 8.96. The number of ether oxygens (including phenoxy) is 2. The molecule has 0 spiro atoms. The second-order valence-corrected chi connectivity index (χ2v) is 6.03. The summed E-state index contributed by atoms with van der Waals surface area (Å²) >= 11 is 0. The lowest BCUT2D eigenvalue weighted by Crippen LogP contribution is -2.51. The summed E-state index contributed by atoms with van der Waals surface area (Å²) in [5, 5.41) is 0. The van der Waals surface area contributed by atoms with Crippen LogP contribution in [-0.2, 0) is 14.3 Å². The van der Waals surface area contributed by atoms with Gasteiger partial charge in [0.15, 0.2) is 0 Å². The lowest BCUT2D eigenvalue weighted by atomic mass is 10.2. The van der Waals surface area contributed by atoms with Crippen LogP contribution in [0.3, 0.4) is 0 Å². The summed E-state index contributed by atoms with van der Waals surface area (Å²) in [5.74, 6) is 0.437. The van der Waals surface area contributed by atoms with Crippen molar-refractivity contribution in [2.75, 3.05) is 44.3 Å². The van der Waals surface area contributed by atoms with Gasteiger partial charge in [0, 0.05) is 32.4 Å². The van der Waals surface area contributed by atoms with Gasteiger partial charge in [0.05, 0.1) is 18.8 Å². The fraction of sp³-hybridized carbons (Fsp3) is 0.526. The highest BCUT2D eigenvalue weighted by atomic mass is 16.5. The van der Waals surface area contributed by atoms with Gasteiger partial charge >= 0.3 is 5.97 Å². The van der Waals surface area contributed by atoms with Crippen molar-refractivity contribution in [2.45, 2.75) is 26.4 Å². The van der Waals surface area contributed by atoms with E-state index in [1.54, 1.807) is 26.0 Å². The molecule has 26 heavy (non-hydrogen) atoms. The van der Waals surface area contributed by atoms with Gasteiger partial charge in [-0.25, -0.2) is 9.78 Å². The molecular formula is C19H27N3O4. The monoisotopic (exact) mass is 361 g/mol. The first kappa shape index (κ1) is 19.9. The Labute approximate surface area is 154 Å². The van der Waals surface area contributed by atoms with E-state index >= 15 is 0 Å². The number of rotatable bonds is 8. The van der Waals surface area contributed by atoms with Crippen LogP contribution in [0.1, 0.15) is 30.6 Å². The number of anilines is 1. The summed E-state index contributed by atoms with van der Waals surface area (Å²) in [5.41, 5.74) is 0.440. The summed E-state index contributed by atoms with van der Waals surface area (Å²) in [7, 11) is 0. The van der Waals surface area contributed by atoms with Gasteiger partial charge in [-0.05, 0) is 32.4 Å². The van der Waals surface area contributed by atoms with Crippen LogP contribution < -0.4 is 4.90 Å². The SMILES string of the molecule is C=CCCOC(C)C(=O)N1CCN(c2ccc(C(=O)OCC)cn2)CC1. The number of piperazine rings is 1. The second kappa shape index (κ2) is 9.91. The fourth-order valence-electron chi connectivity index (χ4n) is 2.72. The molecule has 1 aliphatic heterocycles. The topological polar surface area (TPSA) is 72.0 Å². The van der Waals surface area contributed by atoms with Crippen molar-refractivity contribution in [1.29, 1.82) is 0 Å². The highest BCUT2D eigenvalue weighted by Crippen LogP contribution is 2.15. The van der Waals surface area contributed by atoms with E-state index in [1.165, 1.54) is 6.20 Å². The van der Waals surface area contributed by atoms with Gasteiger partial charge in [0.25, 0.3) is 5.91 Å². The third kappa shape index (κ3) is 5.29. The van der Waals surface area contributed by atoms with Crippen LogP contribution >= 0.6 is 0 Å². The molecule has 142 valence electrons. The maximum Gasteiger partial charge on any atom is 0.339 e. The first-order chi connectivity index (χ1) is 12.6. The standard InChI is InChI=1S/C19H27N3O4/c1-4-6-13-26-15(3)18(23)22-11-9-21(10-12-22)17-8-7-16(14-20-17)19(24)25-5-2/h4,7-8,14-15H,1,5-6,9-13H2,2-3H3. The van der Waals surface area contributed by atoms with E-state index in [0.29, 0.717) is 45.0 Å². The van der Waals surface area contributed by atoms with Crippen LogP contribution in [0.4, 0.5) is 5.82 Å². The van der Waals surface area contributed by atoms with Gasteiger partial charge in [-0.15, -0.1) is 6.58 Å². The predicted octanol–water partition coefficient (Wildman–Crippen LogP) is 1.89. The van der Waals surface area contributed by atoms with Crippen LogP contribution in [0.15, 0.2) is 31.0 Å². The molecule has 1 atom stereocenters. The van der Waals surface area contributed by atoms with Gasteiger partial charge in [-0.2, -0.15) is 0 Å². The Hall–Kier alpha value is -2.41. The molecule has 1 unspecified atom stereocenters. The molecular weight excluding hydrogens is 334 g/mol. The molecule has 7 heteroatoms. The highest BCUT2D eigenvalue weighted by Gasteiger charge is 2.25. The number of nitrogens with zero attached hydrogens (tertiary/aromatic N) is 3. The molecule has 1 aromatic heterocycles. The van der Waals surface area contributed by atoms with Crippen molar-refractivity contribution in [3.8, 4) is 0 Å². The molecule has 1 fully saturated rings. The first-order valence-corrected chi connectivity index (χ1v) is 8.96. The van der Waals surface area contributed by atoms with Crippen LogP contribution in [0, 0.1) is 0 Å². The summed E-state index contributed by atoms with van der Waals surface area (Å²) in [6.07, 6.45) is 3.60. The van der Waals surface area contributed by atoms with Crippen molar-refractivity contribution in [3.63, 3.8) is 0 Å². The number of hydrogen-bond acceptors (Lipinski definition) is 6. The second-order valence-electron chi connectivity index (χ2n) is 6.03. The van der Waals surface area contributed by atoms with E-state index in [9.17, 15) is 9.59 Å². The lowest BCUT2D eigenvalue weighted by Gasteiger charge is -2.36. The number of carbonyl (C=O) groups is 2. The zero-order chi connectivity index (χ0) is 18.9. The Morgan fingerprint density at radius 1 is 1.31 bits per heavy atom. The lowest BCUT2D eigenvalue weighted by molar-refractivity contribution is -0.142. The third-order valence-corrected chi connectivity index (χ3v) is 4.21. The fourth-order valence-corrected chi connectivity index (χ4v) is 2.72. The highest BCUT2D eigenvalue weighted by molar-refractivity contribution is 5.89. The average Bonchev–Trinajstić information content (AvgIpc) is 2.68. The molecule has 0 radical (unpaired) electrons. The maximum absolute atomic E-state index is 12.4. The molecule has 0 N–H and O–H groups in total. The zero-order valence-electron chi connectivity index (χ0n) is 15.5. The minimum atomic E-state index is -0.441. The normalized spacial score (nSPS) is 15.5. The number of pyridine rings is 1. The summed E-state index contributed by atoms with van der Waals surface area (Å²) < 4.78 is 10.5. The summed E-state index contributed by atoms with van der Waals surface area (Å²) in [4.78, 5) is 32.3. The Morgan fingerprint density at radius 3 is 2.62 bits per heavy atom. The number of amides is 1. The number of esters is 1. The van der Waals surface area contributed by atoms with E-state index in [1.807, 2.05) is 11.0 Å². The number of aromatic nitrogens is 1. The van der Waals surface area contributed by atoms with Gasteiger partial charge in [-0.1, -0.05) is 6.08 Å². The Balaban J connectivity index is 1.85. The molecule has 1 amide bonds. The molecule has 0 bridgehead atoms. The van der Waals surface area contributed by atoms with E-state index < -0.39 is 6.10 Å². The third-order valence-electron chi connectivity index (χ3n) is 4.21. The smallest absolute Gasteiger partial charge is 0.339 e. The van der Waals surface area contributed by atoms with Crippen molar-refractivity contribution in [1.82, 2.24) is 9.88 Å².